The lowest BCUT2D eigenvalue weighted by atomic mass is 9.92. The summed E-state index contributed by atoms with van der Waals surface area (Å²) in [5, 5.41) is 4.58. The second-order valence-corrected chi connectivity index (χ2v) is 8.78. The van der Waals surface area contributed by atoms with E-state index < -0.39 is 0 Å². The number of amides is 2. The standard InChI is InChI=1S/C22H32N4O2/c1-4-26-20(14-19(23-26)15(2)3)22(28)25-9-5-8-24(10-11-25)21(27)18-13-16-6-7-17(18)12-16/h6-7,14-18H,4-5,8-13H2,1-3H3/t16-,17+,18-/m1/s1. The zero-order valence-corrected chi connectivity index (χ0v) is 17.3. The van der Waals surface area contributed by atoms with Gasteiger partial charge in [-0.1, -0.05) is 26.0 Å². The summed E-state index contributed by atoms with van der Waals surface area (Å²) in [6.07, 6.45) is 7.51. The molecule has 1 aromatic heterocycles. The van der Waals surface area contributed by atoms with Crippen LogP contribution < -0.4 is 0 Å². The molecule has 2 heterocycles. The molecule has 6 nitrogen and oxygen atoms in total. The summed E-state index contributed by atoms with van der Waals surface area (Å²) >= 11 is 0. The summed E-state index contributed by atoms with van der Waals surface area (Å²) in [5.74, 6) is 1.84. The average molecular weight is 385 g/mol. The quantitative estimate of drug-likeness (QED) is 0.750. The van der Waals surface area contributed by atoms with Crippen LogP contribution in [0.1, 0.15) is 62.1 Å². The number of carbonyl (C=O) groups is 2. The maximum atomic E-state index is 13.2. The predicted molar refractivity (Wildman–Crippen MR) is 108 cm³/mol. The van der Waals surface area contributed by atoms with Crippen LogP contribution in [0.2, 0.25) is 0 Å². The van der Waals surface area contributed by atoms with Crippen LogP contribution in [-0.2, 0) is 11.3 Å². The van der Waals surface area contributed by atoms with E-state index in [1.165, 1.54) is 0 Å². The first-order valence-corrected chi connectivity index (χ1v) is 10.8. The molecule has 4 rings (SSSR count). The van der Waals surface area contributed by atoms with Gasteiger partial charge in [0.05, 0.1) is 5.69 Å². The van der Waals surface area contributed by atoms with Gasteiger partial charge in [0.1, 0.15) is 5.69 Å². The van der Waals surface area contributed by atoms with E-state index in [1.54, 1.807) is 0 Å². The number of allylic oxidation sites excluding steroid dienone is 2. The molecule has 2 amide bonds. The average Bonchev–Trinajstić information content (AvgIpc) is 3.38. The molecule has 2 bridgehead atoms. The normalized spacial score (nSPS) is 26.9. The van der Waals surface area contributed by atoms with Gasteiger partial charge in [0.25, 0.3) is 5.91 Å². The number of hydrogen-bond acceptors (Lipinski definition) is 3. The third kappa shape index (κ3) is 3.49. The van der Waals surface area contributed by atoms with E-state index in [0.717, 1.165) is 31.5 Å². The van der Waals surface area contributed by atoms with Crippen LogP contribution in [0.15, 0.2) is 18.2 Å². The Morgan fingerprint density at radius 1 is 1.11 bits per heavy atom. The number of fused-ring (bicyclic) bond motifs is 2. The van der Waals surface area contributed by atoms with E-state index in [4.69, 9.17) is 0 Å². The highest BCUT2D eigenvalue weighted by molar-refractivity contribution is 5.93. The van der Waals surface area contributed by atoms with Gasteiger partial charge in [0.15, 0.2) is 0 Å². The minimum Gasteiger partial charge on any atom is -0.341 e. The van der Waals surface area contributed by atoms with Crippen molar-refractivity contribution in [2.24, 2.45) is 17.8 Å². The minimum atomic E-state index is 0.0402. The van der Waals surface area contributed by atoms with Crippen LogP contribution in [0.4, 0.5) is 0 Å². The Morgan fingerprint density at radius 3 is 2.50 bits per heavy atom. The first-order chi connectivity index (χ1) is 13.5. The first-order valence-electron chi connectivity index (χ1n) is 10.8. The number of nitrogens with zero attached hydrogens (tertiary/aromatic N) is 4. The first kappa shape index (κ1) is 19.2. The van der Waals surface area contributed by atoms with Gasteiger partial charge >= 0.3 is 0 Å². The molecule has 0 N–H and O–H groups in total. The van der Waals surface area contributed by atoms with Gasteiger partial charge in [-0.05, 0) is 50.0 Å². The SMILES string of the molecule is CCn1nc(C(C)C)cc1C(=O)N1CCCN(C(=O)[C@@H]2C[C@@H]3C=C[C@H]2C3)CC1. The fourth-order valence-corrected chi connectivity index (χ4v) is 4.93. The van der Waals surface area contributed by atoms with Crippen LogP contribution in [-0.4, -0.2) is 57.6 Å². The lowest BCUT2D eigenvalue weighted by Gasteiger charge is -2.27. The van der Waals surface area contributed by atoms with Crippen molar-refractivity contribution in [1.82, 2.24) is 19.6 Å². The number of aryl methyl sites for hydroxylation is 1. The summed E-state index contributed by atoms with van der Waals surface area (Å²) in [7, 11) is 0. The third-order valence-electron chi connectivity index (χ3n) is 6.60. The van der Waals surface area contributed by atoms with Gasteiger partial charge in [-0.3, -0.25) is 14.3 Å². The summed E-state index contributed by atoms with van der Waals surface area (Å²) in [6.45, 7) is 9.58. The topological polar surface area (TPSA) is 58.4 Å². The van der Waals surface area contributed by atoms with Gasteiger partial charge in [0.2, 0.25) is 5.91 Å². The molecule has 3 atom stereocenters. The number of hydrogen-bond donors (Lipinski definition) is 0. The van der Waals surface area contributed by atoms with Crippen molar-refractivity contribution < 1.29 is 9.59 Å². The molecule has 2 aliphatic carbocycles. The smallest absolute Gasteiger partial charge is 0.272 e. The second kappa shape index (κ2) is 7.72. The molecule has 1 aromatic rings. The molecule has 0 aromatic carbocycles. The fourth-order valence-electron chi connectivity index (χ4n) is 4.93. The highest BCUT2D eigenvalue weighted by Crippen LogP contribution is 2.44. The van der Waals surface area contributed by atoms with E-state index in [0.29, 0.717) is 55.5 Å². The summed E-state index contributed by atoms with van der Waals surface area (Å²) in [6, 6.07) is 1.94. The molecule has 0 radical (unpaired) electrons. The van der Waals surface area contributed by atoms with Gasteiger partial charge in [0, 0.05) is 38.6 Å². The molecule has 1 saturated carbocycles. The molecular weight excluding hydrogens is 352 g/mol. The maximum Gasteiger partial charge on any atom is 0.272 e. The lowest BCUT2D eigenvalue weighted by molar-refractivity contribution is -0.136. The zero-order valence-electron chi connectivity index (χ0n) is 17.3. The monoisotopic (exact) mass is 384 g/mol. The van der Waals surface area contributed by atoms with Crippen molar-refractivity contribution in [2.75, 3.05) is 26.2 Å². The van der Waals surface area contributed by atoms with Crippen LogP contribution in [0.5, 0.6) is 0 Å². The minimum absolute atomic E-state index is 0.0402. The Morgan fingerprint density at radius 2 is 1.86 bits per heavy atom. The largest absolute Gasteiger partial charge is 0.341 e. The second-order valence-electron chi connectivity index (χ2n) is 8.78. The molecule has 28 heavy (non-hydrogen) atoms. The molecule has 1 saturated heterocycles. The summed E-state index contributed by atoms with van der Waals surface area (Å²) in [5.41, 5.74) is 1.63. The van der Waals surface area contributed by atoms with Crippen molar-refractivity contribution in [2.45, 2.75) is 52.5 Å². The Bertz CT molecular complexity index is 781. The highest BCUT2D eigenvalue weighted by Gasteiger charge is 2.41. The van der Waals surface area contributed by atoms with Crippen LogP contribution in [0, 0.1) is 17.8 Å². The highest BCUT2D eigenvalue weighted by atomic mass is 16.2. The Kier molecular flexibility index (Phi) is 5.30. The number of aromatic nitrogens is 2. The van der Waals surface area contributed by atoms with Crippen molar-refractivity contribution >= 4 is 11.8 Å². The molecule has 6 heteroatoms. The van der Waals surface area contributed by atoms with E-state index in [-0.39, 0.29) is 11.8 Å². The Balaban J connectivity index is 1.42. The van der Waals surface area contributed by atoms with Gasteiger partial charge in [-0.25, -0.2) is 0 Å². The van der Waals surface area contributed by atoms with Crippen molar-refractivity contribution in [3.8, 4) is 0 Å². The maximum absolute atomic E-state index is 13.2. The Labute approximate surface area is 167 Å². The number of carbonyl (C=O) groups excluding carboxylic acids is 2. The van der Waals surface area contributed by atoms with E-state index in [9.17, 15) is 9.59 Å². The molecule has 0 spiro atoms. The number of rotatable bonds is 4. The third-order valence-corrected chi connectivity index (χ3v) is 6.60. The molecule has 1 aliphatic heterocycles. The van der Waals surface area contributed by atoms with Crippen molar-refractivity contribution in [1.29, 1.82) is 0 Å². The van der Waals surface area contributed by atoms with Crippen LogP contribution in [0.3, 0.4) is 0 Å². The molecule has 0 unspecified atom stereocenters. The van der Waals surface area contributed by atoms with Crippen LogP contribution >= 0.6 is 0 Å². The van der Waals surface area contributed by atoms with Crippen molar-refractivity contribution in [3.05, 3.63) is 29.6 Å². The lowest BCUT2D eigenvalue weighted by Crippen LogP contribution is -2.41. The molecule has 2 fully saturated rings. The summed E-state index contributed by atoms with van der Waals surface area (Å²) in [4.78, 5) is 30.1. The molecular formula is C22H32N4O2. The van der Waals surface area contributed by atoms with Gasteiger partial charge < -0.3 is 9.80 Å². The van der Waals surface area contributed by atoms with Gasteiger partial charge in [-0.15, -0.1) is 0 Å². The van der Waals surface area contributed by atoms with Crippen molar-refractivity contribution in [3.63, 3.8) is 0 Å². The summed E-state index contributed by atoms with van der Waals surface area (Å²) < 4.78 is 1.81. The van der Waals surface area contributed by atoms with Gasteiger partial charge in [-0.2, -0.15) is 5.10 Å². The zero-order chi connectivity index (χ0) is 19.8. The Hall–Kier alpha value is -2.11. The fraction of sp³-hybridized carbons (Fsp3) is 0.682. The molecule has 3 aliphatic rings. The van der Waals surface area contributed by atoms with Crippen LogP contribution in [0.25, 0.3) is 0 Å². The van der Waals surface area contributed by atoms with E-state index in [1.807, 2.05) is 27.5 Å². The predicted octanol–water partition coefficient (Wildman–Crippen LogP) is 2.91. The van der Waals surface area contributed by atoms with E-state index in [2.05, 4.69) is 31.1 Å². The molecule has 152 valence electrons. The van der Waals surface area contributed by atoms with E-state index >= 15 is 0 Å².